The predicted octanol–water partition coefficient (Wildman–Crippen LogP) is 6.00. The van der Waals surface area contributed by atoms with E-state index < -0.39 is 5.91 Å². The van der Waals surface area contributed by atoms with Crippen LogP contribution < -0.4 is 5.32 Å². The molecular weight excluding hydrogens is 398 g/mol. The molecule has 1 N–H and O–H groups in total. The molecule has 0 bridgehead atoms. The molecule has 1 aromatic heterocycles. The van der Waals surface area contributed by atoms with Crippen molar-refractivity contribution in [1.29, 1.82) is 5.26 Å². The van der Waals surface area contributed by atoms with Crippen LogP contribution in [0.5, 0.6) is 0 Å². The maximum Gasteiger partial charge on any atom is 0.266 e. The van der Waals surface area contributed by atoms with E-state index in [1.54, 1.807) is 36.4 Å². The van der Waals surface area contributed by atoms with Crippen LogP contribution in [0.3, 0.4) is 0 Å². The first kappa shape index (κ1) is 19.4. The van der Waals surface area contributed by atoms with E-state index in [1.165, 1.54) is 0 Å². The molecule has 4 rings (SSSR count). The fraction of sp³-hybridized carbons (Fsp3) is 0.0417. The number of nitrogens with zero attached hydrogens (tertiary/aromatic N) is 2. The number of carbonyl (C=O) groups is 1. The second-order valence-electron chi connectivity index (χ2n) is 6.79. The fourth-order valence-electron chi connectivity index (χ4n) is 3.09. The molecule has 0 unspecified atom stereocenters. The minimum Gasteiger partial charge on any atom is -0.355 e. The summed E-state index contributed by atoms with van der Waals surface area (Å²) in [7, 11) is 0. The van der Waals surface area contributed by atoms with Crippen molar-refractivity contribution in [2.24, 2.45) is 0 Å². The van der Waals surface area contributed by atoms with Gasteiger partial charge >= 0.3 is 0 Å². The Balaban J connectivity index is 1.66. The zero-order valence-electron chi connectivity index (χ0n) is 16.0. The molecular formula is C24H16ClN3O2. The van der Waals surface area contributed by atoms with Crippen LogP contribution in [0.15, 0.2) is 76.8 Å². The molecule has 0 aliphatic rings. The molecule has 0 saturated carbocycles. The van der Waals surface area contributed by atoms with Gasteiger partial charge in [-0.25, -0.2) is 0 Å². The van der Waals surface area contributed by atoms with E-state index >= 15 is 0 Å². The number of carbonyl (C=O) groups excluding carboxylic acids is 1. The number of benzene rings is 3. The molecule has 1 heterocycles. The number of hydrogen-bond acceptors (Lipinski definition) is 4. The second-order valence-corrected chi connectivity index (χ2v) is 7.23. The lowest BCUT2D eigenvalue weighted by Gasteiger charge is -2.05. The van der Waals surface area contributed by atoms with Gasteiger partial charge in [-0.15, -0.1) is 0 Å². The third-order valence-corrected chi connectivity index (χ3v) is 4.81. The summed E-state index contributed by atoms with van der Waals surface area (Å²) in [5, 5.41) is 17.7. The molecule has 3 aromatic carbocycles. The monoisotopic (exact) mass is 413 g/mol. The number of hydrogen-bond donors (Lipinski definition) is 1. The van der Waals surface area contributed by atoms with Crippen molar-refractivity contribution in [2.45, 2.75) is 6.92 Å². The number of nitrogens with one attached hydrogen (secondary N) is 1. The third kappa shape index (κ3) is 4.09. The van der Waals surface area contributed by atoms with Gasteiger partial charge in [-0.3, -0.25) is 4.79 Å². The van der Waals surface area contributed by atoms with Gasteiger partial charge < -0.3 is 9.84 Å². The van der Waals surface area contributed by atoms with Crippen molar-refractivity contribution in [3.05, 3.63) is 88.5 Å². The largest absolute Gasteiger partial charge is 0.355 e. The van der Waals surface area contributed by atoms with Crippen LogP contribution in [0.4, 0.5) is 5.69 Å². The highest BCUT2D eigenvalue weighted by Crippen LogP contribution is 2.30. The van der Waals surface area contributed by atoms with Gasteiger partial charge in [0.25, 0.3) is 5.91 Å². The highest BCUT2D eigenvalue weighted by Gasteiger charge is 2.13. The number of aryl methyl sites for hydroxylation is 1. The van der Waals surface area contributed by atoms with Crippen molar-refractivity contribution in [3.8, 4) is 17.4 Å². The summed E-state index contributed by atoms with van der Waals surface area (Å²) in [5.41, 5.74) is 3.86. The molecule has 5 nitrogen and oxygen atoms in total. The standard InChI is InChI=1S/C24H16ClN3O2/c1-15-3-2-4-20(11-15)27-24(29)18(14-26)12-16-5-10-22-21(13-16)23(30-28-22)17-6-8-19(25)9-7-17/h2-13H,1H3,(H,27,29)/b18-12+. The van der Waals surface area contributed by atoms with Crippen molar-refractivity contribution >= 4 is 40.2 Å². The van der Waals surface area contributed by atoms with Crippen molar-refractivity contribution in [3.63, 3.8) is 0 Å². The quantitative estimate of drug-likeness (QED) is 0.328. The minimum absolute atomic E-state index is 0.000327. The normalized spacial score (nSPS) is 11.3. The average molecular weight is 414 g/mol. The summed E-state index contributed by atoms with van der Waals surface area (Å²) in [5.74, 6) is 0.131. The van der Waals surface area contributed by atoms with Crippen LogP contribution >= 0.6 is 11.6 Å². The molecule has 0 radical (unpaired) electrons. The van der Waals surface area contributed by atoms with E-state index in [4.69, 9.17) is 16.1 Å². The summed E-state index contributed by atoms with van der Waals surface area (Å²) >= 11 is 5.96. The number of halogens is 1. The van der Waals surface area contributed by atoms with Crippen LogP contribution in [0.25, 0.3) is 28.3 Å². The molecule has 6 heteroatoms. The molecule has 0 atom stereocenters. The second kappa shape index (κ2) is 8.24. The van der Waals surface area contributed by atoms with Gasteiger partial charge in [0, 0.05) is 16.3 Å². The maximum atomic E-state index is 12.5. The highest BCUT2D eigenvalue weighted by atomic mass is 35.5. The first-order chi connectivity index (χ1) is 14.5. The lowest BCUT2D eigenvalue weighted by Crippen LogP contribution is -2.13. The summed E-state index contributed by atoms with van der Waals surface area (Å²) in [6, 6.07) is 22.0. The Hall–Kier alpha value is -3.88. The molecule has 0 saturated heterocycles. The van der Waals surface area contributed by atoms with Crippen LogP contribution in [-0.4, -0.2) is 11.1 Å². The number of amides is 1. The summed E-state index contributed by atoms with van der Waals surface area (Å²) in [6.45, 7) is 1.93. The van der Waals surface area contributed by atoms with Gasteiger partial charge in [0.05, 0.1) is 5.39 Å². The van der Waals surface area contributed by atoms with Crippen molar-refractivity contribution < 1.29 is 9.32 Å². The van der Waals surface area contributed by atoms with Crippen molar-refractivity contribution in [1.82, 2.24) is 5.16 Å². The highest BCUT2D eigenvalue weighted by molar-refractivity contribution is 6.30. The Labute approximate surface area is 178 Å². The summed E-state index contributed by atoms with van der Waals surface area (Å²) in [6.07, 6.45) is 1.54. The zero-order valence-corrected chi connectivity index (χ0v) is 16.8. The van der Waals surface area contributed by atoms with Gasteiger partial charge in [0.2, 0.25) is 0 Å². The van der Waals surface area contributed by atoms with Crippen molar-refractivity contribution in [2.75, 3.05) is 5.32 Å². The fourth-order valence-corrected chi connectivity index (χ4v) is 3.22. The molecule has 30 heavy (non-hydrogen) atoms. The maximum absolute atomic E-state index is 12.5. The Morgan fingerprint density at radius 2 is 1.93 bits per heavy atom. The molecule has 0 aliphatic heterocycles. The average Bonchev–Trinajstić information content (AvgIpc) is 3.16. The SMILES string of the molecule is Cc1cccc(NC(=O)/C(C#N)=C/c2ccc3noc(-c4ccc(Cl)cc4)c3c2)c1. The first-order valence-electron chi connectivity index (χ1n) is 9.19. The predicted molar refractivity (Wildman–Crippen MR) is 118 cm³/mol. The van der Waals surface area contributed by atoms with Gasteiger partial charge in [-0.1, -0.05) is 35.0 Å². The number of aromatic nitrogens is 1. The number of fused-ring (bicyclic) bond motifs is 1. The van der Waals surface area contributed by atoms with E-state index in [0.717, 1.165) is 16.5 Å². The van der Waals surface area contributed by atoms with Crippen LogP contribution in [0.2, 0.25) is 5.02 Å². The van der Waals surface area contributed by atoms with E-state index in [2.05, 4.69) is 10.5 Å². The molecule has 0 spiro atoms. The van der Waals surface area contributed by atoms with E-state index in [-0.39, 0.29) is 5.57 Å². The topological polar surface area (TPSA) is 78.9 Å². The molecule has 146 valence electrons. The van der Waals surface area contributed by atoms with Crippen LogP contribution in [0, 0.1) is 18.3 Å². The lowest BCUT2D eigenvalue weighted by atomic mass is 10.0. The van der Waals surface area contributed by atoms with Gasteiger partial charge in [-0.2, -0.15) is 5.26 Å². The van der Waals surface area contributed by atoms with E-state index in [1.807, 2.05) is 49.4 Å². The first-order valence-corrected chi connectivity index (χ1v) is 9.56. The van der Waals surface area contributed by atoms with Gasteiger partial charge in [-0.05, 0) is 72.7 Å². The smallest absolute Gasteiger partial charge is 0.266 e. The zero-order chi connectivity index (χ0) is 21.1. The van der Waals surface area contributed by atoms with Gasteiger partial charge in [0.15, 0.2) is 5.76 Å². The molecule has 1 amide bonds. The lowest BCUT2D eigenvalue weighted by molar-refractivity contribution is -0.112. The third-order valence-electron chi connectivity index (χ3n) is 4.56. The molecule has 0 fully saturated rings. The Morgan fingerprint density at radius 3 is 2.67 bits per heavy atom. The summed E-state index contributed by atoms with van der Waals surface area (Å²) in [4.78, 5) is 12.5. The number of anilines is 1. The van der Waals surface area contributed by atoms with Crippen LogP contribution in [0.1, 0.15) is 11.1 Å². The van der Waals surface area contributed by atoms with Gasteiger partial charge in [0.1, 0.15) is 17.2 Å². The Kier molecular flexibility index (Phi) is 5.34. The number of nitriles is 1. The minimum atomic E-state index is -0.466. The van der Waals surface area contributed by atoms with E-state index in [9.17, 15) is 10.1 Å². The Morgan fingerprint density at radius 1 is 1.13 bits per heavy atom. The summed E-state index contributed by atoms with van der Waals surface area (Å²) < 4.78 is 5.51. The molecule has 4 aromatic rings. The van der Waals surface area contributed by atoms with Crippen LogP contribution in [-0.2, 0) is 4.79 Å². The number of rotatable bonds is 4. The van der Waals surface area contributed by atoms with E-state index in [0.29, 0.717) is 27.6 Å². The Bertz CT molecular complexity index is 1310. The molecule has 0 aliphatic carbocycles.